The molecule has 0 spiro atoms. The maximum absolute atomic E-state index is 13.6. The zero-order chi connectivity index (χ0) is 27.3. The fourth-order valence-electron chi connectivity index (χ4n) is 4.25. The number of aliphatic carboxylic acids is 1. The molecular formula is C29H24F4N2O3. The van der Waals surface area contributed by atoms with Gasteiger partial charge in [-0.25, -0.2) is 9.37 Å². The molecule has 5 nitrogen and oxygen atoms in total. The summed E-state index contributed by atoms with van der Waals surface area (Å²) in [6.07, 6.45) is -5.72. The molecule has 1 heterocycles. The topological polar surface area (TPSA) is 79.3 Å². The molecular weight excluding hydrogens is 500 g/mol. The molecule has 196 valence electrons. The molecule has 0 aliphatic rings. The van der Waals surface area contributed by atoms with Crippen LogP contribution in [-0.4, -0.2) is 34.7 Å². The number of alkyl halides is 3. The molecule has 0 fully saturated rings. The Balaban J connectivity index is 1.61. The SMILES string of the molecule is O=C(O)CCNC(=O)c1ccc(C(CCC(F)(F)F)c2ccc3nc(-c4cccc(F)c4)ccc3c2)cc1. The second-order valence-corrected chi connectivity index (χ2v) is 8.89. The summed E-state index contributed by atoms with van der Waals surface area (Å²) in [6, 6.07) is 21.1. The number of pyridine rings is 1. The van der Waals surface area contributed by atoms with Gasteiger partial charge in [0, 0.05) is 35.4 Å². The van der Waals surface area contributed by atoms with E-state index < -0.39 is 30.4 Å². The Hall–Kier alpha value is -4.27. The summed E-state index contributed by atoms with van der Waals surface area (Å²) in [4.78, 5) is 27.5. The number of hydrogen-bond acceptors (Lipinski definition) is 3. The molecule has 1 amide bonds. The monoisotopic (exact) mass is 524 g/mol. The number of rotatable bonds is 9. The first-order valence-electron chi connectivity index (χ1n) is 11.9. The summed E-state index contributed by atoms with van der Waals surface area (Å²) < 4.78 is 53.1. The van der Waals surface area contributed by atoms with Gasteiger partial charge in [0.2, 0.25) is 0 Å². The van der Waals surface area contributed by atoms with Gasteiger partial charge >= 0.3 is 12.1 Å². The van der Waals surface area contributed by atoms with Crippen LogP contribution in [0.25, 0.3) is 22.2 Å². The van der Waals surface area contributed by atoms with Crippen molar-refractivity contribution < 1.29 is 32.3 Å². The van der Waals surface area contributed by atoms with Crippen LogP contribution in [0.15, 0.2) is 78.9 Å². The molecule has 1 atom stereocenters. The number of carbonyl (C=O) groups excluding carboxylic acids is 1. The quantitative estimate of drug-likeness (QED) is 0.238. The van der Waals surface area contributed by atoms with Crippen molar-refractivity contribution in [1.82, 2.24) is 10.3 Å². The molecule has 3 aromatic carbocycles. The lowest BCUT2D eigenvalue weighted by atomic mass is 9.86. The van der Waals surface area contributed by atoms with Crippen LogP contribution in [-0.2, 0) is 4.79 Å². The first-order valence-corrected chi connectivity index (χ1v) is 11.9. The Morgan fingerprint density at radius 3 is 2.34 bits per heavy atom. The molecule has 0 saturated carbocycles. The van der Waals surface area contributed by atoms with Crippen LogP contribution >= 0.6 is 0 Å². The molecule has 0 aliphatic heterocycles. The normalized spacial score (nSPS) is 12.3. The second kappa shape index (κ2) is 11.4. The Morgan fingerprint density at radius 1 is 0.921 bits per heavy atom. The fraction of sp³-hybridized carbons (Fsp3) is 0.207. The van der Waals surface area contributed by atoms with Crippen molar-refractivity contribution in [3.8, 4) is 11.3 Å². The summed E-state index contributed by atoms with van der Waals surface area (Å²) >= 11 is 0. The summed E-state index contributed by atoms with van der Waals surface area (Å²) in [5.74, 6) is -2.47. The number of fused-ring (bicyclic) bond motifs is 1. The van der Waals surface area contributed by atoms with E-state index in [-0.39, 0.29) is 30.8 Å². The van der Waals surface area contributed by atoms with Crippen molar-refractivity contribution in [2.75, 3.05) is 6.54 Å². The van der Waals surface area contributed by atoms with Gasteiger partial charge in [-0.2, -0.15) is 13.2 Å². The Morgan fingerprint density at radius 2 is 1.66 bits per heavy atom. The first-order chi connectivity index (χ1) is 18.1. The van der Waals surface area contributed by atoms with Crippen molar-refractivity contribution >= 4 is 22.8 Å². The van der Waals surface area contributed by atoms with Gasteiger partial charge in [-0.1, -0.05) is 36.4 Å². The molecule has 1 unspecified atom stereocenters. The van der Waals surface area contributed by atoms with Crippen LogP contribution in [0.4, 0.5) is 17.6 Å². The maximum Gasteiger partial charge on any atom is 0.389 e. The van der Waals surface area contributed by atoms with Gasteiger partial charge in [0.05, 0.1) is 17.6 Å². The van der Waals surface area contributed by atoms with Gasteiger partial charge < -0.3 is 10.4 Å². The number of hydrogen-bond donors (Lipinski definition) is 2. The minimum absolute atomic E-state index is 0.0316. The van der Waals surface area contributed by atoms with Crippen LogP contribution in [0.1, 0.15) is 46.7 Å². The molecule has 38 heavy (non-hydrogen) atoms. The largest absolute Gasteiger partial charge is 0.481 e. The van der Waals surface area contributed by atoms with Crippen LogP contribution in [0, 0.1) is 5.82 Å². The third-order valence-electron chi connectivity index (χ3n) is 6.15. The van der Waals surface area contributed by atoms with Crippen molar-refractivity contribution in [3.63, 3.8) is 0 Å². The second-order valence-electron chi connectivity index (χ2n) is 8.89. The van der Waals surface area contributed by atoms with Crippen LogP contribution < -0.4 is 5.32 Å². The van der Waals surface area contributed by atoms with E-state index in [4.69, 9.17) is 5.11 Å². The lowest BCUT2D eigenvalue weighted by Gasteiger charge is -2.20. The Labute approximate surface area is 216 Å². The first kappa shape index (κ1) is 26.8. The van der Waals surface area contributed by atoms with E-state index in [0.717, 1.165) is 5.39 Å². The van der Waals surface area contributed by atoms with Gasteiger partial charge in [0.25, 0.3) is 5.91 Å². The van der Waals surface area contributed by atoms with E-state index >= 15 is 0 Å². The zero-order valence-corrected chi connectivity index (χ0v) is 20.1. The van der Waals surface area contributed by atoms with Crippen molar-refractivity contribution in [2.24, 2.45) is 0 Å². The van der Waals surface area contributed by atoms with Crippen molar-refractivity contribution in [3.05, 3.63) is 101 Å². The van der Waals surface area contributed by atoms with E-state index in [1.807, 2.05) is 0 Å². The number of nitrogens with one attached hydrogen (secondary N) is 1. The zero-order valence-electron chi connectivity index (χ0n) is 20.1. The predicted molar refractivity (Wildman–Crippen MR) is 135 cm³/mol. The number of nitrogens with zero attached hydrogens (tertiary/aromatic N) is 1. The van der Waals surface area contributed by atoms with Gasteiger partial charge in [0.1, 0.15) is 5.82 Å². The molecule has 0 radical (unpaired) electrons. The molecule has 2 N–H and O–H groups in total. The van der Waals surface area contributed by atoms with E-state index in [9.17, 15) is 27.2 Å². The molecule has 4 aromatic rings. The summed E-state index contributed by atoms with van der Waals surface area (Å²) in [5, 5.41) is 11.9. The average Bonchev–Trinajstić information content (AvgIpc) is 2.88. The van der Waals surface area contributed by atoms with Crippen molar-refractivity contribution in [1.29, 1.82) is 0 Å². The number of amides is 1. The number of carboxylic acid groups (broad SMARTS) is 1. The summed E-state index contributed by atoms with van der Waals surface area (Å²) in [7, 11) is 0. The predicted octanol–water partition coefficient (Wildman–Crippen LogP) is 6.72. The molecule has 0 bridgehead atoms. The highest BCUT2D eigenvalue weighted by molar-refractivity contribution is 5.94. The standard InChI is InChI=1S/C29H24F4N2O3/c30-23-3-1-2-21(17-23)25-11-9-22-16-20(8-10-26(22)35-25)24(12-14-29(31,32)33)18-4-6-19(7-5-18)28(38)34-15-13-27(36)37/h1-11,16-17,24H,12-15H2,(H,34,38)(H,36,37). The molecule has 4 rings (SSSR count). The minimum Gasteiger partial charge on any atom is -0.481 e. The minimum atomic E-state index is -4.33. The number of benzene rings is 3. The third-order valence-corrected chi connectivity index (χ3v) is 6.15. The number of halogens is 4. The lowest BCUT2D eigenvalue weighted by Crippen LogP contribution is -2.25. The Kier molecular flexibility index (Phi) is 8.05. The molecule has 0 aliphatic carbocycles. The average molecular weight is 525 g/mol. The smallest absolute Gasteiger partial charge is 0.389 e. The van der Waals surface area contributed by atoms with Gasteiger partial charge in [0.15, 0.2) is 0 Å². The fourth-order valence-corrected chi connectivity index (χ4v) is 4.25. The van der Waals surface area contributed by atoms with Crippen LogP contribution in [0.5, 0.6) is 0 Å². The van der Waals surface area contributed by atoms with E-state index in [1.165, 1.54) is 24.3 Å². The van der Waals surface area contributed by atoms with Gasteiger partial charge in [-0.3, -0.25) is 9.59 Å². The molecule has 9 heteroatoms. The molecule has 1 aromatic heterocycles. The third kappa shape index (κ3) is 6.94. The van der Waals surface area contributed by atoms with Crippen molar-refractivity contribution in [2.45, 2.75) is 31.4 Å². The summed E-state index contributed by atoms with van der Waals surface area (Å²) in [6.45, 7) is -0.0316. The van der Waals surface area contributed by atoms with E-state index in [1.54, 1.807) is 54.6 Å². The van der Waals surface area contributed by atoms with Gasteiger partial charge in [-0.15, -0.1) is 0 Å². The summed E-state index contributed by atoms with van der Waals surface area (Å²) in [5.41, 5.74) is 3.38. The number of carbonyl (C=O) groups is 2. The highest BCUT2D eigenvalue weighted by Crippen LogP contribution is 2.35. The highest BCUT2D eigenvalue weighted by Gasteiger charge is 2.29. The maximum atomic E-state index is 13.6. The van der Waals surface area contributed by atoms with Crippen LogP contribution in [0.2, 0.25) is 0 Å². The highest BCUT2D eigenvalue weighted by atomic mass is 19.4. The lowest BCUT2D eigenvalue weighted by molar-refractivity contribution is -0.137. The molecule has 0 saturated heterocycles. The van der Waals surface area contributed by atoms with Crippen LogP contribution in [0.3, 0.4) is 0 Å². The van der Waals surface area contributed by atoms with E-state index in [2.05, 4.69) is 10.3 Å². The number of aromatic nitrogens is 1. The van der Waals surface area contributed by atoms with Gasteiger partial charge in [-0.05, 0) is 60.0 Å². The van der Waals surface area contributed by atoms with E-state index in [0.29, 0.717) is 27.9 Å². The Bertz CT molecular complexity index is 1450. The number of carboxylic acids is 1.